The molecule has 0 aromatic heterocycles. The molecule has 26 heavy (non-hydrogen) atoms. The highest BCUT2D eigenvalue weighted by molar-refractivity contribution is 6.05. The second-order valence-corrected chi connectivity index (χ2v) is 5.56. The second kappa shape index (κ2) is 8.66. The number of carboxylic acid groups (broad SMARTS) is 1. The molecule has 0 saturated carbocycles. The highest BCUT2D eigenvalue weighted by Crippen LogP contribution is 2.22. The van der Waals surface area contributed by atoms with Crippen LogP contribution in [0.25, 0.3) is 0 Å². The van der Waals surface area contributed by atoms with E-state index in [4.69, 9.17) is 9.84 Å². The Kier molecular flexibility index (Phi) is 6.32. The van der Waals surface area contributed by atoms with Gasteiger partial charge in [-0.15, -0.1) is 0 Å². The monoisotopic (exact) mass is 357 g/mol. The molecular formula is C19H19NO6. The van der Waals surface area contributed by atoms with Gasteiger partial charge in [0.05, 0.1) is 12.2 Å². The molecule has 2 rings (SSSR count). The van der Waals surface area contributed by atoms with Crippen molar-refractivity contribution in [3.63, 3.8) is 0 Å². The smallest absolute Gasteiger partial charge is 0.339 e. The second-order valence-electron chi connectivity index (χ2n) is 5.56. The first-order valence-electron chi connectivity index (χ1n) is 8.07. The van der Waals surface area contributed by atoms with Crippen LogP contribution in [0.5, 0.6) is 5.75 Å². The van der Waals surface area contributed by atoms with Crippen LogP contribution >= 0.6 is 0 Å². The Labute approximate surface area is 150 Å². The van der Waals surface area contributed by atoms with Gasteiger partial charge in [-0.25, -0.2) is 9.59 Å². The first-order valence-corrected chi connectivity index (χ1v) is 8.07. The number of carboxylic acids is 1. The van der Waals surface area contributed by atoms with Crippen molar-refractivity contribution < 1.29 is 29.3 Å². The highest BCUT2D eigenvalue weighted by atomic mass is 16.5. The summed E-state index contributed by atoms with van der Waals surface area (Å²) in [5.41, 5.74) is 0.553. The topological polar surface area (TPSA) is 113 Å². The molecule has 2 aromatic rings. The maximum Gasteiger partial charge on any atom is 0.339 e. The molecule has 0 aliphatic heterocycles. The van der Waals surface area contributed by atoms with Crippen molar-refractivity contribution >= 4 is 23.5 Å². The molecule has 0 aliphatic rings. The average molecular weight is 357 g/mol. The summed E-state index contributed by atoms with van der Waals surface area (Å²) in [6.07, 6.45) is 1.71. The van der Waals surface area contributed by atoms with Gasteiger partial charge in [0.25, 0.3) is 5.91 Å². The Morgan fingerprint density at radius 1 is 1.04 bits per heavy atom. The van der Waals surface area contributed by atoms with E-state index in [0.717, 1.165) is 18.9 Å². The van der Waals surface area contributed by atoms with Gasteiger partial charge in [0.1, 0.15) is 11.3 Å². The number of benzene rings is 2. The number of unbranched alkanes of at least 4 members (excludes halogenated alkanes) is 1. The van der Waals surface area contributed by atoms with E-state index in [1.54, 1.807) is 0 Å². The molecule has 136 valence electrons. The summed E-state index contributed by atoms with van der Waals surface area (Å²) < 4.78 is 5.09. The molecule has 0 aliphatic carbocycles. The minimum Gasteiger partial charge on any atom is -0.507 e. The molecule has 0 atom stereocenters. The Morgan fingerprint density at radius 2 is 1.69 bits per heavy atom. The van der Waals surface area contributed by atoms with Gasteiger partial charge in [-0.05, 0) is 48.9 Å². The number of carbonyl (C=O) groups excluding carboxylic acids is 2. The van der Waals surface area contributed by atoms with Crippen molar-refractivity contribution in [2.75, 3.05) is 11.9 Å². The van der Waals surface area contributed by atoms with Gasteiger partial charge in [0.2, 0.25) is 0 Å². The maximum atomic E-state index is 12.2. The van der Waals surface area contributed by atoms with Crippen LogP contribution in [-0.4, -0.2) is 34.7 Å². The number of hydrogen-bond donors (Lipinski definition) is 3. The number of ether oxygens (including phenoxy) is 1. The van der Waals surface area contributed by atoms with E-state index in [1.807, 2.05) is 6.92 Å². The first-order chi connectivity index (χ1) is 12.4. The number of aromatic hydroxyl groups is 1. The summed E-state index contributed by atoms with van der Waals surface area (Å²) in [4.78, 5) is 35.1. The van der Waals surface area contributed by atoms with Crippen LogP contribution in [-0.2, 0) is 4.74 Å². The van der Waals surface area contributed by atoms with E-state index in [0.29, 0.717) is 17.7 Å². The number of esters is 1. The third-order valence-electron chi connectivity index (χ3n) is 3.60. The number of hydrogen-bond acceptors (Lipinski definition) is 5. The number of carbonyl (C=O) groups is 3. The largest absolute Gasteiger partial charge is 0.507 e. The van der Waals surface area contributed by atoms with Gasteiger partial charge in [-0.3, -0.25) is 4.79 Å². The highest BCUT2D eigenvalue weighted by Gasteiger charge is 2.13. The van der Waals surface area contributed by atoms with E-state index in [1.165, 1.54) is 36.4 Å². The van der Waals surface area contributed by atoms with Crippen molar-refractivity contribution in [1.82, 2.24) is 0 Å². The molecule has 0 radical (unpaired) electrons. The molecule has 7 nitrogen and oxygen atoms in total. The van der Waals surface area contributed by atoms with Crippen LogP contribution in [0.1, 0.15) is 50.8 Å². The number of rotatable bonds is 7. The maximum absolute atomic E-state index is 12.2. The van der Waals surface area contributed by atoms with Gasteiger partial charge in [0, 0.05) is 11.3 Å². The molecule has 3 N–H and O–H groups in total. The normalized spacial score (nSPS) is 10.2. The van der Waals surface area contributed by atoms with Crippen molar-refractivity contribution in [3.05, 3.63) is 59.2 Å². The molecule has 0 heterocycles. The third kappa shape index (κ3) is 4.83. The zero-order valence-corrected chi connectivity index (χ0v) is 14.2. The number of amides is 1. The zero-order valence-electron chi connectivity index (χ0n) is 14.2. The Bertz CT molecular complexity index is 813. The Morgan fingerprint density at radius 3 is 2.31 bits per heavy atom. The number of phenols is 1. The fraction of sp³-hybridized carbons (Fsp3) is 0.211. The molecule has 0 unspecified atom stereocenters. The van der Waals surface area contributed by atoms with Crippen LogP contribution < -0.4 is 5.32 Å². The number of aromatic carboxylic acids is 1. The molecule has 0 bridgehead atoms. The van der Waals surface area contributed by atoms with Crippen LogP contribution in [0.3, 0.4) is 0 Å². The predicted octanol–water partition coefficient (Wildman–Crippen LogP) is 3.30. The van der Waals surface area contributed by atoms with Gasteiger partial charge < -0.3 is 20.3 Å². The van der Waals surface area contributed by atoms with E-state index >= 15 is 0 Å². The van der Waals surface area contributed by atoms with Gasteiger partial charge in [0.15, 0.2) is 0 Å². The molecule has 7 heteroatoms. The van der Waals surface area contributed by atoms with Crippen molar-refractivity contribution in [2.45, 2.75) is 19.8 Å². The first kappa shape index (κ1) is 19.0. The molecule has 2 aromatic carbocycles. The van der Waals surface area contributed by atoms with Gasteiger partial charge in [-0.2, -0.15) is 0 Å². The van der Waals surface area contributed by atoms with E-state index in [9.17, 15) is 19.5 Å². The third-order valence-corrected chi connectivity index (χ3v) is 3.60. The summed E-state index contributed by atoms with van der Waals surface area (Å²) in [6.45, 7) is 2.35. The SMILES string of the molecule is CCCCOC(=O)c1ccc(C(=O)Nc2ccc(O)c(C(=O)O)c2)cc1. The number of anilines is 1. The summed E-state index contributed by atoms with van der Waals surface area (Å²) in [6, 6.07) is 9.67. The van der Waals surface area contributed by atoms with Crippen molar-refractivity contribution in [2.24, 2.45) is 0 Å². The number of nitrogens with one attached hydrogen (secondary N) is 1. The summed E-state index contributed by atoms with van der Waals surface area (Å²) in [5, 5.41) is 21.0. The summed E-state index contributed by atoms with van der Waals surface area (Å²) >= 11 is 0. The van der Waals surface area contributed by atoms with E-state index in [-0.39, 0.29) is 17.0 Å². The van der Waals surface area contributed by atoms with Gasteiger partial charge >= 0.3 is 11.9 Å². The standard InChI is InChI=1S/C19H19NO6/c1-2-3-10-26-19(25)13-6-4-12(5-7-13)17(22)20-14-8-9-16(21)15(11-14)18(23)24/h4-9,11,21H,2-3,10H2,1H3,(H,20,22)(H,23,24). The average Bonchev–Trinajstić information content (AvgIpc) is 2.63. The molecule has 1 amide bonds. The minimum absolute atomic E-state index is 0.230. The van der Waals surface area contributed by atoms with Crippen molar-refractivity contribution in [1.29, 1.82) is 0 Å². The summed E-state index contributed by atoms with van der Waals surface area (Å²) in [5.74, 6) is -2.61. The van der Waals surface area contributed by atoms with Crippen LogP contribution in [0.2, 0.25) is 0 Å². The lowest BCUT2D eigenvalue weighted by molar-refractivity contribution is 0.0499. The fourth-order valence-electron chi connectivity index (χ4n) is 2.14. The minimum atomic E-state index is -1.30. The quantitative estimate of drug-likeness (QED) is 0.398. The molecule has 0 spiro atoms. The predicted molar refractivity (Wildman–Crippen MR) is 94.7 cm³/mol. The van der Waals surface area contributed by atoms with E-state index < -0.39 is 17.8 Å². The fourth-order valence-corrected chi connectivity index (χ4v) is 2.14. The molecule has 0 saturated heterocycles. The van der Waals surface area contributed by atoms with Gasteiger partial charge in [-0.1, -0.05) is 13.3 Å². The summed E-state index contributed by atoms with van der Waals surface area (Å²) in [7, 11) is 0. The molecular weight excluding hydrogens is 338 g/mol. The lowest BCUT2D eigenvalue weighted by Crippen LogP contribution is -2.13. The lowest BCUT2D eigenvalue weighted by Gasteiger charge is -2.08. The van der Waals surface area contributed by atoms with Crippen molar-refractivity contribution in [3.8, 4) is 5.75 Å². The Balaban J connectivity index is 2.05. The van der Waals surface area contributed by atoms with Crippen LogP contribution in [0.4, 0.5) is 5.69 Å². The van der Waals surface area contributed by atoms with Crippen LogP contribution in [0.15, 0.2) is 42.5 Å². The Hall–Kier alpha value is -3.35. The molecule has 0 fully saturated rings. The lowest BCUT2D eigenvalue weighted by atomic mass is 10.1. The van der Waals surface area contributed by atoms with E-state index in [2.05, 4.69) is 5.32 Å². The van der Waals surface area contributed by atoms with Crippen LogP contribution in [0, 0.1) is 0 Å². The zero-order chi connectivity index (χ0) is 19.1.